The summed E-state index contributed by atoms with van der Waals surface area (Å²) < 4.78 is 5.18. The third kappa shape index (κ3) is 4.90. The number of hydrogen-bond acceptors (Lipinski definition) is 2. The van der Waals surface area contributed by atoms with Crippen LogP contribution in [0, 0.1) is 0 Å². The molecule has 1 rings (SSSR count). The van der Waals surface area contributed by atoms with E-state index in [1.807, 2.05) is 13.8 Å². The van der Waals surface area contributed by atoms with E-state index in [0.29, 0.717) is 6.61 Å². The van der Waals surface area contributed by atoms with E-state index >= 15 is 0 Å². The summed E-state index contributed by atoms with van der Waals surface area (Å²) in [6.07, 6.45) is 1.67. The molecule has 0 saturated carbocycles. The van der Waals surface area contributed by atoms with Gasteiger partial charge in [0.2, 0.25) is 0 Å². The Hall–Kier alpha value is -1.44. The SMILES string of the molecule is C=CCOc1ccc(O)cc1.CC. The summed E-state index contributed by atoms with van der Waals surface area (Å²) in [4.78, 5) is 0. The Morgan fingerprint density at radius 1 is 1.31 bits per heavy atom. The van der Waals surface area contributed by atoms with E-state index in [1.165, 1.54) is 0 Å². The van der Waals surface area contributed by atoms with Crippen molar-refractivity contribution in [3.05, 3.63) is 36.9 Å². The van der Waals surface area contributed by atoms with Crippen molar-refractivity contribution in [2.45, 2.75) is 13.8 Å². The molecule has 0 aliphatic heterocycles. The summed E-state index contributed by atoms with van der Waals surface area (Å²) >= 11 is 0. The van der Waals surface area contributed by atoms with Crippen molar-refractivity contribution in [2.24, 2.45) is 0 Å². The summed E-state index contributed by atoms with van der Waals surface area (Å²) in [5, 5.41) is 8.91. The zero-order chi connectivity index (χ0) is 10.1. The van der Waals surface area contributed by atoms with Crippen molar-refractivity contribution in [2.75, 3.05) is 6.61 Å². The van der Waals surface area contributed by atoms with Gasteiger partial charge in [-0.1, -0.05) is 26.5 Å². The normalized spacial score (nSPS) is 8.15. The van der Waals surface area contributed by atoms with Gasteiger partial charge in [-0.15, -0.1) is 0 Å². The second kappa shape index (κ2) is 7.22. The van der Waals surface area contributed by atoms with Gasteiger partial charge in [0.05, 0.1) is 0 Å². The highest BCUT2D eigenvalue weighted by atomic mass is 16.5. The van der Waals surface area contributed by atoms with E-state index < -0.39 is 0 Å². The molecule has 0 aliphatic rings. The first kappa shape index (κ1) is 11.6. The van der Waals surface area contributed by atoms with Crippen LogP contribution in [0.5, 0.6) is 11.5 Å². The first-order valence-corrected chi connectivity index (χ1v) is 4.35. The lowest BCUT2D eigenvalue weighted by atomic mass is 10.3. The van der Waals surface area contributed by atoms with Gasteiger partial charge in [0.1, 0.15) is 18.1 Å². The number of rotatable bonds is 3. The van der Waals surface area contributed by atoms with Crippen LogP contribution in [-0.4, -0.2) is 11.7 Å². The maximum absolute atomic E-state index is 8.91. The highest BCUT2D eigenvalue weighted by molar-refractivity contribution is 5.30. The standard InChI is InChI=1S/C9H10O2.C2H6/c1-2-7-11-9-5-3-8(10)4-6-9;1-2/h2-6,10H,1,7H2;1-2H3. The molecule has 0 aliphatic carbocycles. The monoisotopic (exact) mass is 180 g/mol. The van der Waals surface area contributed by atoms with Crippen LogP contribution >= 0.6 is 0 Å². The van der Waals surface area contributed by atoms with Gasteiger partial charge in [-0.05, 0) is 24.3 Å². The first-order chi connectivity index (χ1) is 6.33. The Balaban J connectivity index is 0.000000671. The van der Waals surface area contributed by atoms with Crippen LogP contribution in [-0.2, 0) is 0 Å². The lowest BCUT2D eigenvalue weighted by molar-refractivity contribution is 0.362. The Kier molecular flexibility index (Phi) is 6.42. The van der Waals surface area contributed by atoms with Crippen LogP contribution in [0.4, 0.5) is 0 Å². The Labute approximate surface area is 79.5 Å². The molecule has 0 fully saturated rings. The summed E-state index contributed by atoms with van der Waals surface area (Å²) in [5.41, 5.74) is 0. The average molecular weight is 180 g/mol. The number of benzene rings is 1. The molecule has 0 heterocycles. The van der Waals surface area contributed by atoms with Crippen molar-refractivity contribution in [3.8, 4) is 11.5 Å². The van der Waals surface area contributed by atoms with Crippen molar-refractivity contribution in [1.82, 2.24) is 0 Å². The zero-order valence-electron chi connectivity index (χ0n) is 8.16. The summed E-state index contributed by atoms with van der Waals surface area (Å²) in [5.74, 6) is 0.985. The van der Waals surface area contributed by atoms with E-state index in [9.17, 15) is 0 Å². The maximum Gasteiger partial charge on any atom is 0.120 e. The Bertz CT molecular complexity index is 226. The van der Waals surface area contributed by atoms with Crippen LogP contribution in [0.15, 0.2) is 36.9 Å². The van der Waals surface area contributed by atoms with Crippen LogP contribution in [0.3, 0.4) is 0 Å². The van der Waals surface area contributed by atoms with Gasteiger partial charge in [0.15, 0.2) is 0 Å². The Morgan fingerprint density at radius 2 is 1.85 bits per heavy atom. The number of phenolic OH excluding ortho intramolecular Hbond substituents is 1. The fourth-order valence-electron chi connectivity index (χ4n) is 0.698. The molecule has 1 aromatic rings. The molecular weight excluding hydrogens is 164 g/mol. The topological polar surface area (TPSA) is 29.5 Å². The van der Waals surface area contributed by atoms with Crippen LogP contribution in [0.1, 0.15) is 13.8 Å². The first-order valence-electron chi connectivity index (χ1n) is 4.35. The second-order valence-electron chi connectivity index (χ2n) is 2.09. The predicted octanol–water partition coefficient (Wildman–Crippen LogP) is 2.98. The van der Waals surface area contributed by atoms with Crippen molar-refractivity contribution in [3.63, 3.8) is 0 Å². The van der Waals surface area contributed by atoms with Gasteiger partial charge >= 0.3 is 0 Å². The molecule has 1 N–H and O–H groups in total. The van der Waals surface area contributed by atoms with Gasteiger partial charge in [0, 0.05) is 0 Å². The molecule has 72 valence electrons. The van der Waals surface area contributed by atoms with Crippen molar-refractivity contribution < 1.29 is 9.84 Å². The molecule has 0 amide bonds. The molecule has 1 aromatic carbocycles. The molecule has 0 spiro atoms. The number of phenols is 1. The largest absolute Gasteiger partial charge is 0.508 e. The smallest absolute Gasteiger partial charge is 0.120 e. The minimum atomic E-state index is 0.246. The van der Waals surface area contributed by atoms with Gasteiger partial charge < -0.3 is 9.84 Å². The van der Waals surface area contributed by atoms with Gasteiger partial charge in [-0.3, -0.25) is 0 Å². The van der Waals surface area contributed by atoms with E-state index in [-0.39, 0.29) is 5.75 Å². The lowest BCUT2D eigenvalue weighted by Crippen LogP contribution is -1.91. The highest BCUT2D eigenvalue weighted by Gasteiger charge is 1.90. The van der Waals surface area contributed by atoms with E-state index in [4.69, 9.17) is 9.84 Å². The minimum absolute atomic E-state index is 0.246. The summed E-state index contributed by atoms with van der Waals surface area (Å²) in [7, 11) is 0. The third-order valence-electron chi connectivity index (χ3n) is 1.20. The number of hydrogen-bond donors (Lipinski definition) is 1. The van der Waals surface area contributed by atoms with Crippen molar-refractivity contribution in [1.29, 1.82) is 0 Å². The number of aromatic hydroxyl groups is 1. The predicted molar refractivity (Wildman–Crippen MR) is 55.1 cm³/mol. The molecule has 0 aromatic heterocycles. The molecule has 0 unspecified atom stereocenters. The van der Waals surface area contributed by atoms with E-state index in [0.717, 1.165) is 5.75 Å². The summed E-state index contributed by atoms with van der Waals surface area (Å²) in [6.45, 7) is 8.01. The Morgan fingerprint density at radius 3 is 2.31 bits per heavy atom. The highest BCUT2D eigenvalue weighted by Crippen LogP contribution is 2.15. The van der Waals surface area contributed by atoms with Gasteiger partial charge in [0.25, 0.3) is 0 Å². The van der Waals surface area contributed by atoms with Crippen LogP contribution in [0.2, 0.25) is 0 Å². The third-order valence-corrected chi connectivity index (χ3v) is 1.20. The second-order valence-corrected chi connectivity index (χ2v) is 2.09. The zero-order valence-corrected chi connectivity index (χ0v) is 8.16. The molecule has 0 radical (unpaired) electrons. The lowest BCUT2D eigenvalue weighted by Gasteiger charge is -2.01. The van der Waals surface area contributed by atoms with Crippen LogP contribution < -0.4 is 4.74 Å². The molecule has 2 heteroatoms. The number of ether oxygens (including phenoxy) is 1. The quantitative estimate of drug-likeness (QED) is 0.724. The van der Waals surface area contributed by atoms with E-state index in [2.05, 4.69) is 6.58 Å². The molecule has 0 atom stereocenters. The minimum Gasteiger partial charge on any atom is -0.508 e. The average Bonchev–Trinajstić information content (AvgIpc) is 2.20. The molecular formula is C11H16O2. The van der Waals surface area contributed by atoms with Crippen LogP contribution in [0.25, 0.3) is 0 Å². The molecule has 13 heavy (non-hydrogen) atoms. The fourth-order valence-corrected chi connectivity index (χ4v) is 0.698. The van der Waals surface area contributed by atoms with Gasteiger partial charge in [-0.2, -0.15) is 0 Å². The van der Waals surface area contributed by atoms with Gasteiger partial charge in [-0.25, -0.2) is 0 Å². The van der Waals surface area contributed by atoms with E-state index in [1.54, 1.807) is 30.3 Å². The molecule has 0 bridgehead atoms. The maximum atomic E-state index is 8.91. The fraction of sp³-hybridized carbons (Fsp3) is 0.273. The molecule has 2 nitrogen and oxygen atoms in total. The van der Waals surface area contributed by atoms with Crippen molar-refractivity contribution >= 4 is 0 Å². The molecule has 0 saturated heterocycles. The summed E-state index contributed by atoms with van der Waals surface area (Å²) in [6, 6.07) is 6.58.